The number of hydrogen-bond acceptors (Lipinski definition) is 4. The van der Waals surface area contributed by atoms with Crippen molar-refractivity contribution >= 4 is 94.4 Å². The second-order valence-corrected chi connectivity index (χ2v) is 23.1. The van der Waals surface area contributed by atoms with Gasteiger partial charge in [-0.3, -0.25) is 0 Å². The van der Waals surface area contributed by atoms with Crippen LogP contribution >= 0.6 is 11.3 Å². The van der Waals surface area contributed by atoms with Crippen LogP contribution in [0.1, 0.15) is 122 Å². The summed E-state index contributed by atoms with van der Waals surface area (Å²) < 4.78 is 2.70. The van der Waals surface area contributed by atoms with Crippen molar-refractivity contribution in [1.82, 2.24) is 0 Å². The van der Waals surface area contributed by atoms with E-state index in [9.17, 15) is 0 Å². The number of thiophene rings is 1. The Morgan fingerprint density at radius 3 is 2.03 bits per heavy atom. The molecule has 6 aliphatic rings. The Labute approximate surface area is 372 Å². The lowest BCUT2D eigenvalue weighted by Crippen LogP contribution is -2.64. The molecule has 4 aliphatic heterocycles. The van der Waals surface area contributed by atoms with E-state index in [0.717, 1.165) is 0 Å². The molecule has 0 N–H and O–H groups in total. The summed E-state index contributed by atoms with van der Waals surface area (Å²) in [5.41, 5.74) is 20.0. The largest absolute Gasteiger partial charge is 0.335 e. The van der Waals surface area contributed by atoms with Crippen molar-refractivity contribution in [3.8, 4) is 0 Å². The van der Waals surface area contributed by atoms with Crippen molar-refractivity contribution in [3.05, 3.63) is 131 Å². The van der Waals surface area contributed by atoms with Crippen LogP contribution in [0.3, 0.4) is 0 Å². The lowest BCUT2D eigenvalue weighted by molar-refractivity contribution is 0.195. The van der Waals surface area contributed by atoms with E-state index in [4.69, 9.17) is 0 Å². The van der Waals surface area contributed by atoms with Gasteiger partial charge in [0, 0.05) is 70.8 Å². The summed E-state index contributed by atoms with van der Waals surface area (Å²) in [6.45, 7) is 19.9. The van der Waals surface area contributed by atoms with Crippen LogP contribution in [-0.2, 0) is 16.2 Å². The number of aryl methyl sites for hydroxylation is 1. The minimum atomic E-state index is -0.0409. The molecular formula is C57H58BN3S. The van der Waals surface area contributed by atoms with E-state index in [1.165, 1.54) is 144 Å². The molecule has 2 saturated carbocycles. The van der Waals surface area contributed by atoms with E-state index < -0.39 is 0 Å². The average molecular weight is 828 g/mol. The minimum absolute atomic E-state index is 0.0117. The molecule has 5 heterocycles. The lowest BCUT2D eigenvalue weighted by Gasteiger charge is -2.53. The van der Waals surface area contributed by atoms with Gasteiger partial charge in [-0.05, 0) is 145 Å². The quantitative estimate of drug-likeness (QED) is 0.161. The Kier molecular flexibility index (Phi) is 7.37. The van der Waals surface area contributed by atoms with E-state index in [-0.39, 0.29) is 34.0 Å². The van der Waals surface area contributed by atoms with Gasteiger partial charge in [-0.15, -0.1) is 11.3 Å². The summed E-state index contributed by atoms with van der Waals surface area (Å²) in [4.78, 5) is 8.35. The normalized spacial score (nSPS) is 26.6. The summed E-state index contributed by atoms with van der Waals surface area (Å²) in [5.74, 6) is 0. The number of nitrogens with zero attached hydrogens (tertiary/aromatic N) is 3. The zero-order valence-electron chi connectivity index (χ0n) is 37.9. The Morgan fingerprint density at radius 2 is 1.24 bits per heavy atom. The third kappa shape index (κ3) is 4.49. The maximum atomic E-state index is 2.87. The van der Waals surface area contributed by atoms with E-state index >= 15 is 0 Å². The van der Waals surface area contributed by atoms with E-state index in [2.05, 4.69) is 179 Å². The highest BCUT2D eigenvalue weighted by atomic mass is 32.1. The van der Waals surface area contributed by atoms with Gasteiger partial charge in [-0.25, -0.2) is 0 Å². The highest BCUT2D eigenvalue weighted by Gasteiger charge is 2.62. The van der Waals surface area contributed by atoms with Gasteiger partial charge in [-0.1, -0.05) is 115 Å². The van der Waals surface area contributed by atoms with Crippen LogP contribution in [0, 0.1) is 6.92 Å². The van der Waals surface area contributed by atoms with E-state index in [1.54, 1.807) is 5.56 Å². The van der Waals surface area contributed by atoms with Gasteiger partial charge >= 0.3 is 0 Å². The first-order valence-corrected chi connectivity index (χ1v) is 24.5. The molecule has 5 heteroatoms. The highest BCUT2D eigenvalue weighted by Crippen LogP contribution is 2.64. The summed E-state index contributed by atoms with van der Waals surface area (Å²) >= 11 is 1.91. The topological polar surface area (TPSA) is 9.72 Å². The van der Waals surface area contributed by atoms with Crippen LogP contribution in [-0.4, -0.2) is 17.8 Å². The third-order valence-electron chi connectivity index (χ3n) is 17.9. The van der Waals surface area contributed by atoms with Gasteiger partial charge in [0.1, 0.15) is 0 Å². The molecule has 4 atom stereocenters. The molecule has 7 aromatic rings. The van der Waals surface area contributed by atoms with Crippen LogP contribution in [0.2, 0.25) is 0 Å². The highest BCUT2D eigenvalue weighted by molar-refractivity contribution is 7.25. The van der Waals surface area contributed by atoms with Crippen LogP contribution in [0.5, 0.6) is 0 Å². The van der Waals surface area contributed by atoms with Gasteiger partial charge < -0.3 is 14.7 Å². The zero-order valence-corrected chi connectivity index (χ0v) is 38.7. The summed E-state index contributed by atoms with van der Waals surface area (Å²) in [5, 5.41) is 2.69. The Bertz CT molecular complexity index is 3100. The maximum absolute atomic E-state index is 2.87. The van der Waals surface area contributed by atoms with Crippen LogP contribution in [0.25, 0.3) is 20.2 Å². The fraction of sp³-hybridized carbons (Fsp3) is 0.368. The van der Waals surface area contributed by atoms with Crippen molar-refractivity contribution in [2.24, 2.45) is 0 Å². The molecule has 1 aromatic heterocycles. The standard InChI is InChI=1S/C57H58BN3S/c1-35-30-47-51-48(31-35)61-52-41(54(5)26-11-14-29-57(54,61)8)17-15-18-44(52)58(51)43-23-21-38(34-46(43)59(47)37-22-25-50-40(33-37)39-16-9-10-19-49(39)62-50)60-45-24-20-36(53(2,3)4)32-42(45)55(6)27-12-13-28-56(55,60)7/h9-10,15-25,30-34H,11-14,26-29H2,1-8H3. The van der Waals surface area contributed by atoms with Crippen molar-refractivity contribution in [2.75, 3.05) is 14.7 Å². The molecule has 62 heavy (non-hydrogen) atoms. The van der Waals surface area contributed by atoms with Gasteiger partial charge in [0.05, 0.1) is 11.1 Å². The van der Waals surface area contributed by atoms with Crippen molar-refractivity contribution < 1.29 is 0 Å². The number of rotatable bonds is 2. The van der Waals surface area contributed by atoms with Gasteiger partial charge in [0.2, 0.25) is 0 Å². The third-order valence-corrected chi connectivity index (χ3v) is 19.1. The fourth-order valence-corrected chi connectivity index (χ4v) is 15.4. The summed E-state index contributed by atoms with van der Waals surface area (Å²) in [6, 6.07) is 43.9. The molecule has 3 nitrogen and oxygen atoms in total. The molecule has 0 bridgehead atoms. The molecule has 6 aromatic carbocycles. The number of hydrogen-bond donors (Lipinski definition) is 0. The number of anilines is 7. The second-order valence-electron chi connectivity index (χ2n) is 22.0. The van der Waals surface area contributed by atoms with E-state index in [1.807, 2.05) is 11.3 Å². The molecule has 0 amide bonds. The fourth-order valence-electron chi connectivity index (χ4n) is 14.3. The molecule has 0 spiro atoms. The van der Waals surface area contributed by atoms with Crippen molar-refractivity contribution in [1.29, 1.82) is 0 Å². The van der Waals surface area contributed by atoms with Gasteiger partial charge in [-0.2, -0.15) is 0 Å². The Morgan fingerprint density at radius 1 is 0.548 bits per heavy atom. The van der Waals surface area contributed by atoms with Crippen molar-refractivity contribution in [2.45, 2.75) is 134 Å². The number of fused-ring (bicyclic) bond motifs is 13. The predicted molar refractivity (Wildman–Crippen MR) is 268 cm³/mol. The molecule has 0 radical (unpaired) electrons. The Hall–Kier alpha value is -5.00. The van der Waals surface area contributed by atoms with Gasteiger partial charge in [0.15, 0.2) is 0 Å². The average Bonchev–Trinajstić information content (AvgIpc) is 3.80. The molecule has 0 saturated heterocycles. The monoisotopic (exact) mass is 827 g/mol. The Balaban J connectivity index is 1.09. The zero-order chi connectivity index (χ0) is 42.3. The first-order chi connectivity index (χ1) is 29.7. The SMILES string of the molecule is Cc1cc2c3c(c1)N1c4c(cccc4C4(C)CCCCC14C)B3c1ccc(N3c4ccc(C(C)(C)C)cc4C4(C)CCCCC34C)cc1N2c1ccc2sc3ccccc3c2c1. The molecule has 310 valence electrons. The minimum Gasteiger partial charge on any atom is -0.335 e. The first kappa shape index (κ1) is 37.5. The maximum Gasteiger partial charge on any atom is 0.252 e. The van der Waals surface area contributed by atoms with Crippen LogP contribution in [0.15, 0.2) is 109 Å². The van der Waals surface area contributed by atoms with Crippen LogP contribution in [0.4, 0.5) is 39.8 Å². The summed E-state index contributed by atoms with van der Waals surface area (Å²) in [7, 11) is 0. The molecule has 2 fully saturated rings. The lowest BCUT2D eigenvalue weighted by atomic mass is 9.33. The van der Waals surface area contributed by atoms with E-state index in [0.29, 0.717) is 0 Å². The molecule has 13 rings (SSSR count). The second kappa shape index (κ2) is 12.2. The predicted octanol–water partition coefficient (Wildman–Crippen LogP) is 13.8. The number of para-hydroxylation sites is 1. The molecular weight excluding hydrogens is 770 g/mol. The molecule has 4 unspecified atom stereocenters. The van der Waals surface area contributed by atoms with Crippen LogP contribution < -0.4 is 31.1 Å². The first-order valence-electron chi connectivity index (χ1n) is 23.6. The van der Waals surface area contributed by atoms with Crippen molar-refractivity contribution in [3.63, 3.8) is 0 Å². The molecule has 2 aliphatic carbocycles. The summed E-state index contributed by atoms with van der Waals surface area (Å²) in [6.07, 6.45) is 9.98. The van der Waals surface area contributed by atoms with Gasteiger partial charge in [0.25, 0.3) is 6.71 Å². The number of benzene rings is 6. The smallest absolute Gasteiger partial charge is 0.252 e.